The van der Waals surface area contributed by atoms with Gasteiger partial charge in [0.15, 0.2) is 5.15 Å². The SMILES string of the molecule is Cc1cc(N(C)C(=O)c2ccccc2)ccc1S(=O)(=O)Nc1cccc(C(F)(P)P)c1. The predicted molar refractivity (Wildman–Crippen MR) is 130 cm³/mol. The van der Waals surface area contributed by atoms with Crippen LogP contribution in [0.4, 0.5) is 15.8 Å². The molecule has 31 heavy (non-hydrogen) atoms. The molecular formula is C22H23FN2O3P2S. The molecule has 2 unspecified atom stereocenters. The van der Waals surface area contributed by atoms with Gasteiger partial charge in [-0.1, -0.05) is 48.8 Å². The van der Waals surface area contributed by atoms with Crippen molar-refractivity contribution >= 4 is 45.8 Å². The number of carbonyl (C=O) groups excluding carboxylic acids is 1. The number of alkyl halides is 1. The van der Waals surface area contributed by atoms with Gasteiger partial charge in [-0.2, -0.15) is 0 Å². The van der Waals surface area contributed by atoms with Crippen LogP contribution in [0.15, 0.2) is 77.7 Å². The van der Waals surface area contributed by atoms with Crippen molar-refractivity contribution in [1.29, 1.82) is 0 Å². The maximum atomic E-state index is 14.1. The molecule has 0 fully saturated rings. The van der Waals surface area contributed by atoms with Crippen LogP contribution in [-0.2, 0) is 15.2 Å². The Morgan fingerprint density at radius 1 is 1.00 bits per heavy atom. The number of benzene rings is 3. The Morgan fingerprint density at radius 3 is 2.29 bits per heavy atom. The summed E-state index contributed by atoms with van der Waals surface area (Å²) >= 11 is 0. The number of halogens is 1. The van der Waals surface area contributed by atoms with E-state index >= 15 is 0 Å². The minimum absolute atomic E-state index is 0.0745. The number of hydrogen-bond acceptors (Lipinski definition) is 3. The average molecular weight is 476 g/mol. The highest BCUT2D eigenvalue weighted by Crippen LogP contribution is 2.40. The summed E-state index contributed by atoms with van der Waals surface area (Å²) in [7, 11) is 1.83. The van der Waals surface area contributed by atoms with Crippen LogP contribution >= 0.6 is 18.5 Å². The van der Waals surface area contributed by atoms with Crippen molar-refractivity contribution in [2.24, 2.45) is 0 Å². The summed E-state index contributed by atoms with van der Waals surface area (Å²) in [5.41, 5.74) is 2.14. The van der Waals surface area contributed by atoms with Gasteiger partial charge in [0.1, 0.15) is 0 Å². The molecule has 3 aromatic rings. The van der Waals surface area contributed by atoms with Gasteiger partial charge in [0.05, 0.1) is 4.90 Å². The quantitative estimate of drug-likeness (QED) is 0.515. The van der Waals surface area contributed by atoms with Gasteiger partial charge in [-0.15, -0.1) is 0 Å². The Labute approximate surface area is 186 Å². The zero-order valence-electron chi connectivity index (χ0n) is 17.0. The molecule has 0 aliphatic carbocycles. The number of carbonyl (C=O) groups is 1. The van der Waals surface area contributed by atoms with Crippen LogP contribution in [0.25, 0.3) is 0 Å². The Kier molecular flexibility index (Phi) is 6.80. The normalized spacial score (nSPS) is 11.8. The fourth-order valence-electron chi connectivity index (χ4n) is 3.07. The summed E-state index contributed by atoms with van der Waals surface area (Å²) in [5, 5.41) is -1.76. The molecule has 2 atom stereocenters. The van der Waals surface area contributed by atoms with Crippen molar-refractivity contribution < 1.29 is 17.6 Å². The van der Waals surface area contributed by atoms with Crippen molar-refractivity contribution in [3.05, 3.63) is 89.5 Å². The van der Waals surface area contributed by atoms with Crippen molar-refractivity contribution in [1.82, 2.24) is 0 Å². The van der Waals surface area contributed by atoms with Gasteiger partial charge >= 0.3 is 0 Å². The molecule has 0 radical (unpaired) electrons. The average Bonchev–Trinajstić information content (AvgIpc) is 2.72. The molecule has 0 aliphatic heterocycles. The number of nitrogens with zero attached hydrogens (tertiary/aromatic N) is 1. The highest BCUT2D eigenvalue weighted by atomic mass is 32.2. The third kappa shape index (κ3) is 5.48. The fraction of sp³-hybridized carbons (Fsp3) is 0.136. The Hall–Kier alpha value is -2.33. The standard InChI is InChI=1S/C22H23FN2O3P2S/c1-15-13-19(25(2)21(26)16-7-4-3-5-8-16)11-12-20(15)31(27,28)24-18-10-6-9-17(14-18)22(23,29)30/h3-14,24H,29-30H2,1-2H3. The van der Waals surface area contributed by atoms with Gasteiger partial charge < -0.3 is 4.90 Å². The van der Waals surface area contributed by atoms with E-state index in [1.54, 1.807) is 68.6 Å². The molecule has 1 N–H and O–H groups in total. The molecule has 0 bridgehead atoms. The number of anilines is 2. The van der Waals surface area contributed by atoms with E-state index in [2.05, 4.69) is 23.2 Å². The highest BCUT2D eigenvalue weighted by molar-refractivity contribution is 7.92. The van der Waals surface area contributed by atoms with E-state index in [0.29, 0.717) is 22.4 Å². The molecular weight excluding hydrogens is 453 g/mol. The van der Waals surface area contributed by atoms with E-state index in [1.807, 2.05) is 6.07 Å². The van der Waals surface area contributed by atoms with Crippen LogP contribution < -0.4 is 9.62 Å². The number of amides is 1. The number of nitrogens with one attached hydrogen (secondary N) is 1. The Balaban J connectivity index is 1.86. The van der Waals surface area contributed by atoms with Crippen molar-refractivity contribution in [3.8, 4) is 0 Å². The number of rotatable bonds is 6. The summed E-state index contributed by atoms with van der Waals surface area (Å²) in [6, 6.07) is 19.6. The van der Waals surface area contributed by atoms with Crippen LogP contribution in [0.1, 0.15) is 21.5 Å². The Bertz CT molecular complexity index is 1210. The topological polar surface area (TPSA) is 66.5 Å². The third-order valence-electron chi connectivity index (χ3n) is 4.72. The van der Waals surface area contributed by atoms with E-state index < -0.39 is 15.2 Å². The maximum Gasteiger partial charge on any atom is 0.262 e. The number of sulfonamides is 1. The molecule has 0 heterocycles. The second-order valence-electron chi connectivity index (χ2n) is 7.13. The van der Waals surface area contributed by atoms with Crippen LogP contribution in [-0.4, -0.2) is 21.4 Å². The molecule has 0 saturated carbocycles. The number of hydrogen-bond donors (Lipinski definition) is 1. The van der Waals surface area contributed by atoms with Gasteiger partial charge in [-0.05, 0) is 60.5 Å². The first-order valence-corrected chi connectivity index (χ1v) is 12.0. The summed E-state index contributed by atoms with van der Waals surface area (Å²) in [6.07, 6.45) is 0. The van der Waals surface area contributed by atoms with E-state index in [9.17, 15) is 17.6 Å². The Morgan fingerprint density at radius 2 is 1.68 bits per heavy atom. The van der Waals surface area contributed by atoms with E-state index in [0.717, 1.165) is 0 Å². The van der Waals surface area contributed by atoms with Gasteiger partial charge in [-0.3, -0.25) is 9.52 Å². The van der Waals surface area contributed by atoms with Crippen molar-refractivity contribution in [2.75, 3.05) is 16.7 Å². The van der Waals surface area contributed by atoms with Crippen LogP contribution in [0.2, 0.25) is 0 Å². The van der Waals surface area contributed by atoms with Crippen LogP contribution in [0.3, 0.4) is 0 Å². The van der Waals surface area contributed by atoms with Crippen LogP contribution in [0, 0.1) is 6.92 Å². The van der Waals surface area contributed by atoms with Crippen molar-refractivity contribution in [2.45, 2.75) is 17.0 Å². The second-order valence-corrected chi connectivity index (χ2v) is 11.1. The first kappa shape index (κ1) is 23.3. The molecule has 5 nitrogen and oxygen atoms in total. The highest BCUT2D eigenvalue weighted by Gasteiger charge is 2.22. The predicted octanol–water partition coefficient (Wildman–Crippen LogP) is 4.90. The fourth-order valence-corrected chi connectivity index (χ4v) is 4.70. The third-order valence-corrected chi connectivity index (χ3v) is 6.93. The lowest BCUT2D eigenvalue weighted by Gasteiger charge is -2.20. The smallest absolute Gasteiger partial charge is 0.262 e. The van der Waals surface area contributed by atoms with Gasteiger partial charge in [-0.25, -0.2) is 12.8 Å². The van der Waals surface area contributed by atoms with Crippen LogP contribution in [0.5, 0.6) is 0 Å². The summed E-state index contributed by atoms with van der Waals surface area (Å²) in [4.78, 5) is 14.2. The maximum absolute atomic E-state index is 14.1. The number of aryl methyl sites for hydroxylation is 1. The largest absolute Gasteiger partial charge is 0.311 e. The summed E-state index contributed by atoms with van der Waals surface area (Å²) in [5.74, 6) is -0.199. The monoisotopic (exact) mass is 476 g/mol. The van der Waals surface area contributed by atoms with Crippen molar-refractivity contribution in [3.63, 3.8) is 0 Å². The lowest BCUT2D eigenvalue weighted by Crippen LogP contribution is -2.26. The molecule has 0 spiro atoms. The molecule has 0 aliphatic rings. The minimum atomic E-state index is -3.91. The molecule has 0 saturated heterocycles. The van der Waals surface area contributed by atoms with Gasteiger partial charge in [0.25, 0.3) is 15.9 Å². The molecule has 0 aromatic heterocycles. The first-order chi connectivity index (χ1) is 14.5. The molecule has 3 rings (SSSR count). The first-order valence-electron chi connectivity index (χ1n) is 9.33. The lowest BCUT2D eigenvalue weighted by atomic mass is 10.1. The molecule has 9 heteroatoms. The lowest BCUT2D eigenvalue weighted by molar-refractivity contribution is 0.0993. The molecule has 1 amide bonds. The second kappa shape index (κ2) is 9.04. The zero-order valence-corrected chi connectivity index (χ0v) is 20.2. The summed E-state index contributed by atoms with van der Waals surface area (Å²) < 4.78 is 42.5. The van der Waals surface area contributed by atoms with Gasteiger partial charge in [0.2, 0.25) is 0 Å². The van der Waals surface area contributed by atoms with Gasteiger partial charge in [0, 0.05) is 24.0 Å². The molecule has 3 aromatic carbocycles. The minimum Gasteiger partial charge on any atom is -0.311 e. The zero-order chi connectivity index (χ0) is 22.8. The van der Waals surface area contributed by atoms with E-state index in [4.69, 9.17) is 0 Å². The molecule has 162 valence electrons. The van der Waals surface area contributed by atoms with E-state index in [-0.39, 0.29) is 16.5 Å². The van der Waals surface area contributed by atoms with E-state index in [1.165, 1.54) is 17.0 Å². The summed E-state index contributed by atoms with van der Waals surface area (Å²) in [6.45, 7) is 1.66.